The molecule has 0 aliphatic rings. The predicted octanol–water partition coefficient (Wildman–Crippen LogP) is 2.35. The molecule has 0 saturated heterocycles. The van der Waals surface area contributed by atoms with Crippen molar-refractivity contribution >= 4 is 11.5 Å². The first-order chi connectivity index (χ1) is 6.63. The molecule has 0 aliphatic heterocycles. The second-order valence-corrected chi connectivity index (χ2v) is 3.50. The normalized spacial score (nSPS) is 12.1. The smallest absolute Gasteiger partial charge is 0.126 e. The summed E-state index contributed by atoms with van der Waals surface area (Å²) in [6, 6.07) is 2.30. The molecule has 1 heterocycles. The van der Waals surface area contributed by atoms with Gasteiger partial charge in [0.15, 0.2) is 0 Å². The van der Waals surface area contributed by atoms with Gasteiger partial charge in [-0.1, -0.05) is 6.08 Å². The summed E-state index contributed by atoms with van der Waals surface area (Å²) >= 11 is 0. The Morgan fingerprint density at radius 2 is 2.43 bits per heavy atom. The number of anilines is 2. The van der Waals surface area contributed by atoms with Crippen molar-refractivity contribution in [1.82, 2.24) is 4.98 Å². The molecular weight excluding hydrogens is 174 g/mol. The van der Waals surface area contributed by atoms with Crippen molar-refractivity contribution < 1.29 is 0 Å². The summed E-state index contributed by atoms with van der Waals surface area (Å²) in [4.78, 5) is 4.19. The van der Waals surface area contributed by atoms with E-state index in [0.29, 0.717) is 6.04 Å². The van der Waals surface area contributed by atoms with Gasteiger partial charge in [0, 0.05) is 6.04 Å². The fourth-order valence-electron chi connectivity index (χ4n) is 1.21. The fraction of sp³-hybridized carbons (Fsp3) is 0.364. The van der Waals surface area contributed by atoms with Crippen LogP contribution in [0.4, 0.5) is 11.5 Å². The molecule has 0 amide bonds. The van der Waals surface area contributed by atoms with Gasteiger partial charge < -0.3 is 11.1 Å². The third-order valence-electron chi connectivity index (χ3n) is 2.07. The number of pyridine rings is 1. The number of nitrogens with two attached hydrogens (primary N) is 1. The Balaban J connectivity index is 2.67. The van der Waals surface area contributed by atoms with Crippen molar-refractivity contribution in [2.75, 3.05) is 11.1 Å². The Morgan fingerprint density at radius 3 is 3.00 bits per heavy atom. The minimum atomic E-state index is 0.350. The minimum absolute atomic E-state index is 0.350. The Bertz CT molecular complexity index is 320. The number of nitrogens with zero attached hydrogens (tertiary/aromatic N) is 1. The molecule has 0 aromatic carbocycles. The molecule has 0 aliphatic carbocycles. The zero-order valence-corrected chi connectivity index (χ0v) is 8.75. The van der Waals surface area contributed by atoms with Gasteiger partial charge in [-0.05, 0) is 31.9 Å². The first-order valence-corrected chi connectivity index (χ1v) is 4.73. The van der Waals surface area contributed by atoms with E-state index in [-0.39, 0.29) is 0 Å². The molecule has 3 heteroatoms. The van der Waals surface area contributed by atoms with E-state index in [1.165, 1.54) is 0 Å². The predicted molar refractivity (Wildman–Crippen MR) is 61.3 cm³/mol. The lowest BCUT2D eigenvalue weighted by Gasteiger charge is -2.13. The maximum atomic E-state index is 5.67. The largest absolute Gasteiger partial charge is 0.397 e. The molecule has 1 aromatic rings. The van der Waals surface area contributed by atoms with Crippen LogP contribution in [0.15, 0.2) is 24.9 Å². The van der Waals surface area contributed by atoms with E-state index >= 15 is 0 Å². The van der Waals surface area contributed by atoms with Crippen molar-refractivity contribution in [1.29, 1.82) is 0 Å². The van der Waals surface area contributed by atoms with Gasteiger partial charge in [-0.25, -0.2) is 4.98 Å². The molecule has 0 radical (unpaired) electrons. The highest BCUT2D eigenvalue weighted by atomic mass is 15.0. The Morgan fingerprint density at radius 1 is 1.71 bits per heavy atom. The van der Waals surface area contributed by atoms with E-state index < -0.39 is 0 Å². The summed E-state index contributed by atoms with van der Waals surface area (Å²) in [5.41, 5.74) is 7.45. The maximum absolute atomic E-state index is 5.67. The molecule has 1 aromatic heterocycles. The average Bonchev–Trinajstić information content (AvgIpc) is 2.12. The second-order valence-electron chi connectivity index (χ2n) is 3.50. The summed E-state index contributed by atoms with van der Waals surface area (Å²) in [5.74, 6) is 0.867. The third-order valence-corrected chi connectivity index (χ3v) is 2.07. The maximum Gasteiger partial charge on any atom is 0.126 e. The molecule has 3 N–H and O–H groups in total. The average molecular weight is 191 g/mol. The molecule has 14 heavy (non-hydrogen) atoms. The van der Waals surface area contributed by atoms with E-state index in [1.807, 2.05) is 19.1 Å². The molecule has 0 spiro atoms. The van der Waals surface area contributed by atoms with E-state index in [9.17, 15) is 0 Å². The minimum Gasteiger partial charge on any atom is -0.397 e. The number of hydrogen-bond acceptors (Lipinski definition) is 3. The lowest BCUT2D eigenvalue weighted by atomic mass is 10.2. The van der Waals surface area contributed by atoms with Crippen LogP contribution in [0, 0.1) is 6.92 Å². The molecule has 76 valence electrons. The summed E-state index contributed by atoms with van der Waals surface area (Å²) in [5, 5.41) is 3.27. The van der Waals surface area contributed by atoms with Gasteiger partial charge >= 0.3 is 0 Å². The topological polar surface area (TPSA) is 50.9 Å². The van der Waals surface area contributed by atoms with E-state index in [4.69, 9.17) is 5.73 Å². The quantitative estimate of drug-likeness (QED) is 0.718. The van der Waals surface area contributed by atoms with E-state index in [1.54, 1.807) is 6.20 Å². The number of aromatic nitrogens is 1. The molecule has 3 nitrogen and oxygen atoms in total. The second kappa shape index (κ2) is 4.65. The monoisotopic (exact) mass is 191 g/mol. The molecule has 0 bridgehead atoms. The van der Waals surface area contributed by atoms with Crippen LogP contribution in [0.3, 0.4) is 0 Å². The van der Waals surface area contributed by atoms with Crippen molar-refractivity contribution in [3.05, 3.63) is 30.5 Å². The van der Waals surface area contributed by atoms with Crippen molar-refractivity contribution in [3.8, 4) is 0 Å². The molecule has 1 rings (SSSR count). The van der Waals surface area contributed by atoms with Gasteiger partial charge in [-0.2, -0.15) is 0 Å². The summed E-state index contributed by atoms with van der Waals surface area (Å²) < 4.78 is 0. The number of rotatable bonds is 4. The molecule has 1 atom stereocenters. The lowest BCUT2D eigenvalue weighted by molar-refractivity contribution is 0.807. The Kier molecular flexibility index (Phi) is 3.51. The number of hydrogen-bond donors (Lipinski definition) is 2. The highest BCUT2D eigenvalue weighted by Crippen LogP contribution is 2.14. The summed E-state index contributed by atoms with van der Waals surface area (Å²) in [7, 11) is 0. The number of nitrogens with one attached hydrogen (secondary N) is 1. The molecule has 0 fully saturated rings. The SMILES string of the molecule is C=CCC(C)Nc1cc(C)c(N)cn1. The molecule has 0 saturated carbocycles. The van der Waals surface area contributed by atoms with Crippen LogP contribution in [0.25, 0.3) is 0 Å². The van der Waals surface area contributed by atoms with Crippen LogP contribution in [-0.4, -0.2) is 11.0 Å². The fourth-order valence-corrected chi connectivity index (χ4v) is 1.21. The van der Waals surface area contributed by atoms with Crippen LogP contribution < -0.4 is 11.1 Å². The standard InChI is InChI=1S/C11H17N3/c1-4-5-9(3)14-11-6-8(2)10(12)7-13-11/h4,6-7,9H,1,5,12H2,2-3H3,(H,13,14). The van der Waals surface area contributed by atoms with Crippen LogP contribution in [0.1, 0.15) is 18.9 Å². The van der Waals surface area contributed by atoms with Crippen LogP contribution >= 0.6 is 0 Å². The van der Waals surface area contributed by atoms with Gasteiger partial charge in [-0.3, -0.25) is 0 Å². The van der Waals surface area contributed by atoms with Crippen molar-refractivity contribution in [2.24, 2.45) is 0 Å². The van der Waals surface area contributed by atoms with Gasteiger partial charge in [-0.15, -0.1) is 6.58 Å². The van der Waals surface area contributed by atoms with Gasteiger partial charge in [0.2, 0.25) is 0 Å². The van der Waals surface area contributed by atoms with Gasteiger partial charge in [0.1, 0.15) is 5.82 Å². The Hall–Kier alpha value is -1.51. The number of aryl methyl sites for hydroxylation is 1. The third kappa shape index (κ3) is 2.76. The summed E-state index contributed by atoms with van der Waals surface area (Å²) in [6.45, 7) is 7.76. The zero-order chi connectivity index (χ0) is 10.6. The molecular formula is C11H17N3. The van der Waals surface area contributed by atoms with Gasteiger partial charge in [0.05, 0.1) is 11.9 Å². The summed E-state index contributed by atoms with van der Waals surface area (Å²) in [6.07, 6.45) is 4.49. The van der Waals surface area contributed by atoms with Gasteiger partial charge in [0.25, 0.3) is 0 Å². The van der Waals surface area contributed by atoms with Crippen LogP contribution in [0.5, 0.6) is 0 Å². The first kappa shape index (κ1) is 10.6. The van der Waals surface area contributed by atoms with E-state index in [0.717, 1.165) is 23.5 Å². The van der Waals surface area contributed by atoms with Crippen molar-refractivity contribution in [2.45, 2.75) is 26.3 Å². The van der Waals surface area contributed by atoms with Crippen LogP contribution in [0.2, 0.25) is 0 Å². The van der Waals surface area contributed by atoms with Crippen molar-refractivity contribution in [3.63, 3.8) is 0 Å². The number of nitrogen functional groups attached to an aromatic ring is 1. The van der Waals surface area contributed by atoms with E-state index in [2.05, 4.69) is 23.8 Å². The lowest BCUT2D eigenvalue weighted by Crippen LogP contribution is -2.15. The zero-order valence-electron chi connectivity index (χ0n) is 8.75. The first-order valence-electron chi connectivity index (χ1n) is 4.73. The Labute approximate surface area is 85.0 Å². The highest BCUT2D eigenvalue weighted by molar-refractivity contribution is 5.51. The molecule has 1 unspecified atom stereocenters. The van der Waals surface area contributed by atoms with Crippen LogP contribution in [-0.2, 0) is 0 Å². The highest BCUT2D eigenvalue weighted by Gasteiger charge is 2.01.